The average Bonchev–Trinajstić information content (AvgIpc) is 2.83. The fraction of sp³-hybridized carbons (Fsp3) is 0.417. The van der Waals surface area contributed by atoms with Crippen molar-refractivity contribution in [2.45, 2.75) is 26.3 Å². The van der Waals surface area contributed by atoms with Gasteiger partial charge in [0.05, 0.1) is 10.6 Å². The van der Waals surface area contributed by atoms with E-state index in [0.29, 0.717) is 5.92 Å². The van der Waals surface area contributed by atoms with Crippen LogP contribution in [0.3, 0.4) is 0 Å². The van der Waals surface area contributed by atoms with Crippen molar-refractivity contribution in [1.29, 1.82) is 0 Å². The third kappa shape index (κ3) is 2.34. The summed E-state index contributed by atoms with van der Waals surface area (Å²) in [5.41, 5.74) is 1.24. The Kier molecular flexibility index (Phi) is 3.74. The van der Waals surface area contributed by atoms with E-state index < -0.39 is 0 Å². The molecule has 1 N–H and O–H groups in total. The van der Waals surface area contributed by atoms with E-state index in [1.165, 1.54) is 15.4 Å². The molecule has 0 radical (unpaired) electrons. The summed E-state index contributed by atoms with van der Waals surface area (Å²) in [6.45, 7) is 5.31. The maximum absolute atomic E-state index is 4.76. The van der Waals surface area contributed by atoms with Crippen LogP contribution in [0.25, 0.3) is 9.88 Å². The highest BCUT2D eigenvalue weighted by molar-refractivity contribution is 7.21. The molecule has 2 nitrogen and oxygen atoms in total. The summed E-state index contributed by atoms with van der Waals surface area (Å²) in [4.78, 5) is 7.39. The Labute approximate surface area is 104 Å². The van der Waals surface area contributed by atoms with Gasteiger partial charge in [0, 0.05) is 11.4 Å². The normalized spacial score (nSPS) is 11.2. The number of thiazole rings is 1. The molecule has 0 atom stereocenters. The molecule has 2 aromatic heterocycles. The summed E-state index contributed by atoms with van der Waals surface area (Å²) in [5.74, 6) is 0.494. The van der Waals surface area contributed by atoms with E-state index in [9.17, 15) is 0 Å². The van der Waals surface area contributed by atoms with Gasteiger partial charge in [-0.2, -0.15) is 0 Å². The van der Waals surface area contributed by atoms with Crippen molar-refractivity contribution in [3.05, 3.63) is 28.1 Å². The molecule has 0 saturated carbocycles. The number of rotatable bonds is 4. The summed E-state index contributed by atoms with van der Waals surface area (Å²) in [5, 5.41) is 6.47. The van der Waals surface area contributed by atoms with Gasteiger partial charge >= 0.3 is 0 Å². The molecular weight excluding hydrogens is 236 g/mol. The van der Waals surface area contributed by atoms with E-state index in [0.717, 1.165) is 11.6 Å². The number of nitrogens with one attached hydrogen (secondary N) is 1. The third-order valence-electron chi connectivity index (χ3n) is 2.34. The monoisotopic (exact) mass is 252 g/mol. The van der Waals surface area contributed by atoms with Crippen LogP contribution in [0.2, 0.25) is 0 Å². The van der Waals surface area contributed by atoms with Gasteiger partial charge in [-0.15, -0.1) is 22.7 Å². The van der Waals surface area contributed by atoms with E-state index in [1.54, 1.807) is 22.7 Å². The van der Waals surface area contributed by atoms with Crippen LogP contribution in [-0.2, 0) is 6.54 Å². The number of aromatic nitrogens is 1. The topological polar surface area (TPSA) is 24.9 Å². The summed E-state index contributed by atoms with van der Waals surface area (Å²) in [7, 11) is 1.98. The first-order valence-electron chi connectivity index (χ1n) is 5.40. The second-order valence-electron chi connectivity index (χ2n) is 3.99. The van der Waals surface area contributed by atoms with Crippen LogP contribution in [0.4, 0.5) is 0 Å². The van der Waals surface area contributed by atoms with E-state index in [4.69, 9.17) is 4.98 Å². The van der Waals surface area contributed by atoms with Gasteiger partial charge in [-0.05, 0) is 24.4 Å². The summed E-state index contributed by atoms with van der Waals surface area (Å²) < 4.78 is 0. The summed E-state index contributed by atoms with van der Waals surface area (Å²) in [6, 6.07) is 4.21. The van der Waals surface area contributed by atoms with Gasteiger partial charge in [0.1, 0.15) is 5.01 Å². The molecule has 0 fully saturated rings. The molecule has 0 amide bonds. The van der Waals surface area contributed by atoms with E-state index in [1.807, 2.05) is 7.05 Å². The van der Waals surface area contributed by atoms with Gasteiger partial charge in [-0.25, -0.2) is 4.98 Å². The summed E-state index contributed by atoms with van der Waals surface area (Å²) >= 11 is 3.56. The van der Waals surface area contributed by atoms with Gasteiger partial charge in [-0.3, -0.25) is 0 Å². The summed E-state index contributed by atoms with van der Waals surface area (Å²) in [6.07, 6.45) is 0. The van der Waals surface area contributed by atoms with Crippen LogP contribution < -0.4 is 5.32 Å². The maximum Gasteiger partial charge on any atom is 0.133 e. The lowest BCUT2D eigenvalue weighted by Gasteiger charge is -2.03. The van der Waals surface area contributed by atoms with Crippen LogP contribution in [0, 0.1) is 0 Å². The molecule has 4 heteroatoms. The third-order valence-corrected chi connectivity index (χ3v) is 4.45. The highest BCUT2D eigenvalue weighted by Gasteiger charge is 2.14. The van der Waals surface area contributed by atoms with E-state index in [-0.39, 0.29) is 0 Å². The molecule has 0 spiro atoms. The van der Waals surface area contributed by atoms with Crippen molar-refractivity contribution >= 4 is 22.7 Å². The molecular formula is C12H16N2S2. The van der Waals surface area contributed by atoms with Crippen molar-refractivity contribution in [2.75, 3.05) is 7.05 Å². The Morgan fingerprint density at radius 1 is 1.44 bits per heavy atom. The first kappa shape index (κ1) is 11.8. The first-order valence-corrected chi connectivity index (χ1v) is 7.10. The maximum atomic E-state index is 4.76. The van der Waals surface area contributed by atoms with E-state index in [2.05, 4.69) is 36.7 Å². The zero-order valence-electron chi connectivity index (χ0n) is 9.78. The molecule has 0 aliphatic carbocycles. The van der Waals surface area contributed by atoms with Crippen molar-refractivity contribution in [3.63, 3.8) is 0 Å². The zero-order chi connectivity index (χ0) is 11.5. The van der Waals surface area contributed by atoms with Gasteiger partial charge in [0.25, 0.3) is 0 Å². The lowest BCUT2D eigenvalue weighted by molar-refractivity contribution is 0.771. The van der Waals surface area contributed by atoms with Crippen molar-refractivity contribution in [3.8, 4) is 9.88 Å². The second-order valence-corrected chi connectivity index (χ2v) is 6.02. The van der Waals surface area contributed by atoms with Crippen molar-refractivity contribution in [1.82, 2.24) is 10.3 Å². The molecule has 2 aromatic rings. The van der Waals surface area contributed by atoms with Crippen LogP contribution in [-0.4, -0.2) is 12.0 Å². The molecule has 2 rings (SSSR count). The number of hydrogen-bond acceptors (Lipinski definition) is 4. The Bertz CT molecular complexity index is 444. The Morgan fingerprint density at radius 2 is 2.25 bits per heavy atom. The molecule has 0 aliphatic rings. The smallest absolute Gasteiger partial charge is 0.133 e. The van der Waals surface area contributed by atoms with Gasteiger partial charge in [0.2, 0.25) is 0 Å². The number of hydrogen-bond donors (Lipinski definition) is 1. The van der Waals surface area contributed by atoms with Gasteiger partial charge < -0.3 is 5.32 Å². The largest absolute Gasteiger partial charge is 0.315 e. The molecule has 0 unspecified atom stereocenters. The molecule has 0 aliphatic heterocycles. The van der Waals surface area contributed by atoms with E-state index >= 15 is 0 Å². The van der Waals surface area contributed by atoms with Gasteiger partial charge in [0.15, 0.2) is 0 Å². The predicted molar refractivity (Wildman–Crippen MR) is 72.3 cm³/mol. The van der Waals surface area contributed by atoms with Crippen LogP contribution in [0.15, 0.2) is 17.5 Å². The number of nitrogens with zero attached hydrogens (tertiary/aromatic N) is 1. The average molecular weight is 252 g/mol. The fourth-order valence-electron chi connectivity index (χ4n) is 1.61. The minimum atomic E-state index is 0.494. The highest BCUT2D eigenvalue weighted by atomic mass is 32.1. The van der Waals surface area contributed by atoms with Crippen molar-refractivity contribution in [2.24, 2.45) is 0 Å². The minimum Gasteiger partial charge on any atom is -0.315 e. The first-order chi connectivity index (χ1) is 7.72. The minimum absolute atomic E-state index is 0.494. The van der Waals surface area contributed by atoms with Gasteiger partial charge in [-0.1, -0.05) is 19.9 Å². The molecule has 0 aromatic carbocycles. The fourth-order valence-corrected chi connectivity index (χ4v) is 3.63. The number of thiophene rings is 1. The van der Waals surface area contributed by atoms with Crippen LogP contribution in [0.1, 0.15) is 30.3 Å². The molecule has 0 saturated heterocycles. The zero-order valence-corrected chi connectivity index (χ0v) is 11.4. The quantitative estimate of drug-likeness (QED) is 0.897. The molecule has 16 heavy (non-hydrogen) atoms. The lowest BCUT2D eigenvalue weighted by Crippen LogP contribution is -2.06. The Balaban J connectivity index is 2.38. The SMILES string of the molecule is CNCc1sc(-c2cccs2)nc1C(C)C. The molecule has 0 bridgehead atoms. The van der Waals surface area contributed by atoms with Crippen LogP contribution in [0.5, 0.6) is 0 Å². The molecule has 86 valence electrons. The standard InChI is InChI=1S/C12H16N2S2/c1-8(2)11-10(7-13-3)16-12(14-11)9-5-4-6-15-9/h4-6,8,13H,7H2,1-3H3. The predicted octanol–water partition coefficient (Wildman–Crippen LogP) is 3.71. The second kappa shape index (κ2) is 5.08. The Morgan fingerprint density at radius 3 is 2.81 bits per heavy atom. The highest BCUT2D eigenvalue weighted by Crippen LogP contribution is 2.33. The lowest BCUT2D eigenvalue weighted by atomic mass is 10.1. The Hall–Kier alpha value is -0.710. The van der Waals surface area contributed by atoms with Crippen molar-refractivity contribution < 1.29 is 0 Å². The molecule has 2 heterocycles. The van der Waals surface area contributed by atoms with Crippen LogP contribution >= 0.6 is 22.7 Å².